The van der Waals surface area contributed by atoms with E-state index < -0.39 is 39.4 Å². The molecule has 1 heterocycles. The molecular formula is C21H13F3N6O4. The molecule has 172 valence electrons. The van der Waals surface area contributed by atoms with Crippen molar-refractivity contribution in [2.75, 3.05) is 0 Å². The first-order chi connectivity index (χ1) is 16.0. The van der Waals surface area contributed by atoms with Crippen LogP contribution in [0.2, 0.25) is 0 Å². The van der Waals surface area contributed by atoms with E-state index in [1.165, 1.54) is 37.3 Å². The molecule has 0 bridgehead atoms. The number of benzene rings is 2. The number of aromatic nitrogens is 2. The quantitative estimate of drug-likeness (QED) is 0.345. The van der Waals surface area contributed by atoms with E-state index >= 15 is 0 Å². The van der Waals surface area contributed by atoms with E-state index in [0.29, 0.717) is 16.3 Å². The van der Waals surface area contributed by atoms with Crippen LogP contribution in [0.5, 0.6) is 0 Å². The van der Waals surface area contributed by atoms with Gasteiger partial charge in [0.05, 0.1) is 22.4 Å². The first-order valence-electron chi connectivity index (χ1n) is 9.32. The molecule has 0 spiro atoms. The summed E-state index contributed by atoms with van der Waals surface area (Å²) in [6, 6.07) is 10.7. The van der Waals surface area contributed by atoms with Crippen molar-refractivity contribution in [3.63, 3.8) is 0 Å². The molecule has 0 aliphatic carbocycles. The van der Waals surface area contributed by atoms with Crippen LogP contribution in [-0.4, -0.2) is 26.8 Å². The molecule has 3 aromatic rings. The number of non-ortho nitro benzene ring substituents is 1. The van der Waals surface area contributed by atoms with Gasteiger partial charge in [-0.25, -0.2) is 5.43 Å². The molecule has 0 saturated carbocycles. The number of nitriles is 1. The third-order valence-corrected chi connectivity index (χ3v) is 4.54. The van der Waals surface area contributed by atoms with Crippen LogP contribution in [-0.2, 0) is 6.18 Å². The first-order valence-corrected chi connectivity index (χ1v) is 9.32. The summed E-state index contributed by atoms with van der Waals surface area (Å²) in [5.74, 6) is -0.962. The van der Waals surface area contributed by atoms with E-state index in [1.807, 2.05) is 0 Å². The minimum Gasteiger partial charge on any atom is -0.266 e. The molecule has 0 atom stereocenters. The van der Waals surface area contributed by atoms with E-state index in [2.05, 4.69) is 15.6 Å². The zero-order valence-corrected chi connectivity index (χ0v) is 17.2. The fourth-order valence-electron chi connectivity index (χ4n) is 2.88. The molecule has 0 aliphatic rings. The van der Waals surface area contributed by atoms with E-state index in [-0.39, 0.29) is 16.9 Å². The molecule has 0 saturated heterocycles. The van der Waals surface area contributed by atoms with Crippen molar-refractivity contribution >= 4 is 17.8 Å². The maximum absolute atomic E-state index is 13.1. The highest BCUT2D eigenvalue weighted by Crippen LogP contribution is 2.30. The molecule has 2 aromatic carbocycles. The second-order valence-electron chi connectivity index (χ2n) is 6.78. The van der Waals surface area contributed by atoms with Crippen molar-refractivity contribution in [1.29, 1.82) is 5.26 Å². The van der Waals surface area contributed by atoms with Gasteiger partial charge < -0.3 is 0 Å². The first kappa shape index (κ1) is 23.8. The summed E-state index contributed by atoms with van der Waals surface area (Å²) in [6.07, 6.45) is -3.57. The van der Waals surface area contributed by atoms with Crippen LogP contribution in [0.15, 0.2) is 58.4 Å². The number of carbonyl (C=O) groups is 1. The maximum atomic E-state index is 13.1. The predicted octanol–water partition coefficient (Wildman–Crippen LogP) is 3.10. The number of nitrogens with one attached hydrogen (secondary N) is 1. The highest BCUT2D eigenvalue weighted by Gasteiger charge is 2.31. The van der Waals surface area contributed by atoms with Crippen molar-refractivity contribution < 1.29 is 22.9 Å². The highest BCUT2D eigenvalue weighted by atomic mass is 19.4. The Morgan fingerprint density at radius 1 is 1.26 bits per heavy atom. The van der Waals surface area contributed by atoms with Gasteiger partial charge >= 0.3 is 6.18 Å². The normalized spacial score (nSPS) is 11.3. The van der Waals surface area contributed by atoms with Crippen LogP contribution >= 0.6 is 0 Å². The number of rotatable bonds is 5. The lowest BCUT2D eigenvalue weighted by Crippen LogP contribution is -2.31. The van der Waals surface area contributed by atoms with Gasteiger partial charge in [-0.1, -0.05) is 18.2 Å². The van der Waals surface area contributed by atoms with Gasteiger partial charge in [-0.15, -0.1) is 0 Å². The zero-order valence-electron chi connectivity index (χ0n) is 17.2. The van der Waals surface area contributed by atoms with Crippen molar-refractivity contribution in [2.45, 2.75) is 13.1 Å². The Bertz CT molecular complexity index is 1420. The number of alkyl halides is 3. The Labute approximate surface area is 188 Å². The number of nitro groups is 1. The molecule has 13 heteroatoms. The largest absolute Gasteiger partial charge is 0.416 e. The van der Waals surface area contributed by atoms with E-state index in [4.69, 9.17) is 0 Å². The average Bonchev–Trinajstić information content (AvgIpc) is 2.79. The number of hydrazone groups is 1. The molecule has 34 heavy (non-hydrogen) atoms. The number of hydrogen-bond donors (Lipinski definition) is 1. The van der Waals surface area contributed by atoms with E-state index in [0.717, 1.165) is 18.3 Å². The SMILES string of the molecule is Cc1c(C(=O)N/N=C/c2cccc([N+](=O)[O-])c2)nn(-c2cccc(C(F)(F)F)c2)c(=O)c1C#N. The fourth-order valence-corrected chi connectivity index (χ4v) is 2.88. The number of nitro benzene ring substituents is 1. The standard InChI is InChI=1S/C21H13F3N6O4/c1-12-17(10-25)20(32)29(15-6-3-5-14(9-15)21(22,23)24)28-18(12)19(31)27-26-11-13-4-2-7-16(8-13)30(33)34/h2-9,11H,1H3,(H,27,31)/b26-11+. The third kappa shape index (κ3) is 4.96. The molecule has 3 rings (SSSR count). The monoisotopic (exact) mass is 470 g/mol. The second-order valence-corrected chi connectivity index (χ2v) is 6.78. The molecule has 10 nitrogen and oxygen atoms in total. The Kier molecular flexibility index (Phi) is 6.53. The maximum Gasteiger partial charge on any atom is 0.416 e. The van der Waals surface area contributed by atoms with Gasteiger partial charge in [0, 0.05) is 23.3 Å². The van der Waals surface area contributed by atoms with Gasteiger partial charge in [0.15, 0.2) is 5.69 Å². The van der Waals surface area contributed by atoms with Crippen LogP contribution in [0.25, 0.3) is 5.69 Å². The summed E-state index contributed by atoms with van der Waals surface area (Å²) in [5.41, 5.74) is -1.15. The number of hydrogen-bond acceptors (Lipinski definition) is 7. The summed E-state index contributed by atoms with van der Waals surface area (Å²) in [5, 5.41) is 27.7. The smallest absolute Gasteiger partial charge is 0.266 e. The lowest BCUT2D eigenvalue weighted by atomic mass is 10.1. The minimum absolute atomic E-state index is 0.0984. The van der Waals surface area contributed by atoms with E-state index in [1.54, 1.807) is 6.07 Å². The minimum atomic E-state index is -4.69. The van der Waals surface area contributed by atoms with Crippen LogP contribution in [0.4, 0.5) is 18.9 Å². The van der Waals surface area contributed by atoms with Crippen LogP contribution in [0, 0.1) is 28.4 Å². The summed E-state index contributed by atoms with van der Waals surface area (Å²) < 4.78 is 39.7. The van der Waals surface area contributed by atoms with Crippen LogP contribution < -0.4 is 11.0 Å². The van der Waals surface area contributed by atoms with E-state index in [9.17, 15) is 38.1 Å². The second kappa shape index (κ2) is 9.33. The Morgan fingerprint density at radius 2 is 1.97 bits per heavy atom. The van der Waals surface area contributed by atoms with Crippen molar-refractivity contribution in [3.8, 4) is 11.8 Å². The third-order valence-electron chi connectivity index (χ3n) is 4.54. The van der Waals surface area contributed by atoms with Crippen molar-refractivity contribution in [2.24, 2.45) is 5.10 Å². The number of halogens is 3. The molecule has 1 amide bonds. The molecule has 1 aromatic heterocycles. The number of amides is 1. The average molecular weight is 470 g/mol. The van der Waals surface area contributed by atoms with Crippen LogP contribution in [0.1, 0.15) is 32.7 Å². The fraction of sp³-hybridized carbons (Fsp3) is 0.0952. The topological polar surface area (TPSA) is 143 Å². The lowest BCUT2D eigenvalue weighted by Gasteiger charge is -2.12. The molecule has 0 aliphatic heterocycles. The summed E-state index contributed by atoms with van der Waals surface area (Å²) >= 11 is 0. The van der Waals surface area contributed by atoms with Gasteiger partial charge in [-0.2, -0.15) is 33.3 Å². The number of nitrogens with zero attached hydrogens (tertiary/aromatic N) is 5. The number of carbonyl (C=O) groups excluding carboxylic acids is 1. The van der Waals surface area contributed by atoms with Gasteiger partial charge in [-0.05, 0) is 25.1 Å². The Balaban J connectivity index is 1.98. The Morgan fingerprint density at radius 3 is 2.62 bits per heavy atom. The van der Waals surface area contributed by atoms with Gasteiger partial charge in [0.25, 0.3) is 17.2 Å². The lowest BCUT2D eigenvalue weighted by molar-refractivity contribution is -0.384. The zero-order chi connectivity index (χ0) is 25.0. The predicted molar refractivity (Wildman–Crippen MR) is 112 cm³/mol. The van der Waals surface area contributed by atoms with Gasteiger partial charge in [0.2, 0.25) is 0 Å². The Hall–Kier alpha value is -4.86. The van der Waals surface area contributed by atoms with Gasteiger partial charge in [0.1, 0.15) is 11.6 Å². The van der Waals surface area contributed by atoms with Gasteiger partial charge in [-0.3, -0.25) is 19.7 Å². The molecule has 1 N–H and O–H groups in total. The molecule has 0 radical (unpaired) electrons. The van der Waals surface area contributed by atoms with Crippen molar-refractivity contribution in [1.82, 2.24) is 15.2 Å². The van der Waals surface area contributed by atoms with Crippen LogP contribution in [0.3, 0.4) is 0 Å². The summed E-state index contributed by atoms with van der Waals surface area (Å²) in [4.78, 5) is 35.5. The molecule has 0 unspecified atom stereocenters. The molecular weight excluding hydrogens is 457 g/mol. The van der Waals surface area contributed by atoms with Crippen molar-refractivity contribution in [3.05, 3.63) is 96.9 Å². The highest BCUT2D eigenvalue weighted by molar-refractivity contribution is 5.94. The molecule has 0 fully saturated rings. The summed E-state index contributed by atoms with van der Waals surface area (Å²) in [6.45, 7) is 1.28. The summed E-state index contributed by atoms with van der Waals surface area (Å²) in [7, 11) is 0.